The van der Waals surface area contributed by atoms with Crippen molar-refractivity contribution >= 4 is 11.9 Å². The van der Waals surface area contributed by atoms with E-state index in [0.29, 0.717) is 19.3 Å². The van der Waals surface area contributed by atoms with Crippen LogP contribution in [0.3, 0.4) is 0 Å². The summed E-state index contributed by atoms with van der Waals surface area (Å²) >= 11 is 0. The van der Waals surface area contributed by atoms with Gasteiger partial charge in [0, 0.05) is 12.8 Å². The second-order valence-corrected chi connectivity index (χ2v) is 5.69. The lowest BCUT2D eigenvalue weighted by Crippen LogP contribution is -2.44. The van der Waals surface area contributed by atoms with Gasteiger partial charge < -0.3 is 9.84 Å². The summed E-state index contributed by atoms with van der Waals surface area (Å²) in [5.41, 5.74) is -0.413. The van der Waals surface area contributed by atoms with E-state index in [9.17, 15) is 9.59 Å². The summed E-state index contributed by atoms with van der Waals surface area (Å²) in [6.07, 6.45) is 2.30. The molecule has 0 amide bonds. The summed E-state index contributed by atoms with van der Waals surface area (Å²) in [5.74, 6) is -0.504. The van der Waals surface area contributed by atoms with Gasteiger partial charge in [0.25, 0.3) is 0 Å². The maximum absolute atomic E-state index is 11.9. The van der Waals surface area contributed by atoms with Crippen molar-refractivity contribution in [3.05, 3.63) is 0 Å². The molecule has 0 saturated heterocycles. The summed E-state index contributed by atoms with van der Waals surface area (Å²) in [5, 5.41) is 8.53. The Bertz CT molecular complexity index is 287. The Hall–Kier alpha value is -1.06. The van der Waals surface area contributed by atoms with Gasteiger partial charge in [-0.05, 0) is 31.1 Å². The molecule has 0 spiro atoms. The first kappa shape index (κ1) is 17.9. The van der Waals surface area contributed by atoms with Crippen molar-refractivity contribution in [2.24, 2.45) is 11.8 Å². The van der Waals surface area contributed by atoms with Crippen molar-refractivity contribution in [2.45, 2.75) is 72.3 Å². The predicted molar refractivity (Wildman–Crippen MR) is 74.9 cm³/mol. The molecule has 0 rings (SSSR count). The van der Waals surface area contributed by atoms with Gasteiger partial charge in [0.2, 0.25) is 0 Å². The number of carboxylic acids is 1. The van der Waals surface area contributed by atoms with Crippen LogP contribution in [0.5, 0.6) is 0 Å². The molecule has 0 aromatic carbocycles. The Morgan fingerprint density at radius 3 is 1.89 bits per heavy atom. The van der Waals surface area contributed by atoms with Crippen LogP contribution in [0.25, 0.3) is 0 Å². The third-order valence-corrected chi connectivity index (χ3v) is 3.83. The number of unbranched alkanes of at least 4 members (excludes halogenated alkanes) is 1. The molecule has 0 aliphatic carbocycles. The van der Waals surface area contributed by atoms with Crippen molar-refractivity contribution < 1.29 is 19.4 Å². The number of esters is 1. The SMILES string of the molecule is CCC(OC(=O)CCCCC(=O)O)(C(C)C)C(C)C. The maximum Gasteiger partial charge on any atom is 0.306 e. The van der Waals surface area contributed by atoms with Crippen LogP contribution < -0.4 is 0 Å². The van der Waals surface area contributed by atoms with Gasteiger partial charge in [0.1, 0.15) is 5.60 Å². The Labute approximate surface area is 116 Å². The second-order valence-electron chi connectivity index (χ2n) is 5.69. The van der Waals surface area contributed by atoms with E-state index in [1.807, 2.05) is 6.92 Å². The minimum absolute atomic E-state index is 0.112. The highest BCUT2D eigenvalue weighted by Crippen LogP contribution is 2.34. The van der Waals surface area contributed by atoms with Gasteiger partial charge in [-0.15, -0.1) is 0 Å². The van der Waals surface area contributed by atoms with Crippen LogP contribution in [-0.4, -0.2) is 22.6 Å². The summed E-state index contributed by atoms with van der Waals surface area (Å²) in [6.45, 7) is 10.3. The van der Waals surface area contributed by atoms with Crippen LogP contribution in [0.4, 0.5) is 0 Å². The van der Waals surface area contributed by atoms with Crippen LogP contribution in [0.2, 0.25) is 0 Å². The zero-order chi connectivity index (χ0) is 15.1. The maximum atomic E-state index is 11.9. The molecule has 0 aliphatic heterocycles. The monoisotopic (exact) mass is 272 g/mol. The molecule has 0 bridgehead atoms. The van der Waals surface area contributed by atoms with Crippen LogP contribution in [-0.2, 0) is 14.3 Å². The molecule has 0 aromatic heterocycles. The van der Waals surface area contributed by atoms with E-state index in [0.717, 1.165) is 6.42 Å². The van der Waals surface area contributed by atoms with Crippen LogP contribution in [0.1, 0.15) is 66.7 Å². The summed E-state index contributed by atoms with van der Waals surface area (Å²) < 4.78 is 5.73. The van der Waals surface area contributed by atoms with E-state index in [-0.39, 0.29) is 24.2 Å². The Kier molecular flexibility index (Phi) is 7.72. The van der Waals surface area contributed by atoms with Crippen molar-refractivity contribution in [2.75, 3.05) is 0 Å². The van der Waals surface area contributed by atoms with Crippen molar-refractivity contribution in [1.82, 2.24) is 0 Å². The Morgan fingerprint density at radius 1 is 1.05 bits per heavy atom. The minimum atomic E-state index is -0.819. The van der Waals surface area contributed by atoms with E-state index in [1.165, 1.54) is 0 Å². The number of ether oxygens (including phenoxy) is 1. The smallest absolute Gasteiger partial charge is 0.306 e. The first-order valence-electron chi connectivity index (χ1n) is 7.19. The lowest BCUT2D eigenvalue weighted by molar-refractivity contribution is -0.173. The van der Waals surface area contributed by atoms with Gasteiger partial charge in [-0.1, -0.05) is 34.6 Å². The highest BCUT2D eigenvalue weighted by atomic mass is 16.6. The fourth-order valence-corrected chi connectivity index (χ4v) is 2.60. The van der Waals surface area contributed by atoms with Gasteiger partial charge in [-0.2, -0.15) is 0 Å². The molecule has 4 nitrogen and oxygen atoms in total. The molecule has 0 fully saturated rings. The third kappa shape index (κ3) is 5.62. The number of carbonyl (C=O) groups is 2. The quantitative estimate of drug-likeness (QED) is 0.514. The fourth-order valence-electron chi connectivity index (χ4n) is 2.60. The highest BCUT2D eigenvalue weighted by Gasteiger charge is 2.39. The molecule has 0 atom stereocenters. The van der Waals surface area contributed by atoms with Crippen LogP contribution >= 0.6 is 0 Å². The second kappa shape index (κ2) is 8.18. The number of aliphatic carboxylic acids is 1. The van der Waals surface area contributed by atoms with E-state index in [1.54, 1.807) is 0 Å². The number of hydrogen-bond acceptors (Lipinski definition) is 3. The summed E-state index contributed by atoms with van der Waals surface area (Å²) in [6, 6.07) is 0. The molecule has 19 heavy (non-hydrogen) atoms. The number of hydrogen-bond donors (Lipinski definition) is 1. The Morgan fingerprint density at radius 2 is 1.53 bits per heavy atom. The lowest BCUT2D eigenvalue weighted by atomic mass is 9.78. The zero-order valence-corrected chi connectivity index (χ0v) is 12.9. The first-order valence-corrected chi connectivity index (χ1v) is 7.19. The number of carbonyl (C=O) groups excluding carboxylic acids is 1. The van der Waals surface area contributed by atoms with Gasteiger partial charge in [-0.3, -0.25) is 9.59 Å². The van der Waals surface area contributed by atoms with Crippen molar-refractivity contribution in [1.29, 1.82) is 0 Å². The zero-order valence-electron chi connectivity index (χ0n) is 12.9. The Balaban J connectivity index is 4.37. The fraction of sp³-hybridized carbons (Fsp3) is 0.867. The minimum Gasteiger partial charge on any atom is -0.481 e. The third-order valence-electron chi connectivity index (χ3n) is 3.83. The molecular formula is C15H28O4. The lowest BCUT2D eigenvalue weighted by Gasteiger charge is -2.40. The van der Waals surface area contributed by atoms with Crippen molar-refractivity contribution in [3.63, 3.8) is 0 Å². The number of rotatable bonds is 9. The number of carboxylic acid groups (broad SMARTS) is 1. The van der Waals surface area contributed by atoms with Gasteiger partial charge in [-0.25, -0.2) is 0 Å². The molecule has 0 radical (unpaired) electrons. The normalized spacial score (nSPS) is 11.9. The van der Waals surface area contributed by atoms with Gasteiger partial charge in [0.05, 0.1) is 0 Å². The largest absolute Gasteiger partial charge is 0.481 e. The topological polar surface area (TPSA) is 63.6 Å². The molecule has 1 N–H and O–H groups in total. The molecule has 0 unspecified atom stereocenters. The average Bonchev–Trinajstić information content (AvgIpc) is 2.30. The standard InChI is InChI=1S/C15H28O4/c1-6-15(11(2)3,12(4)5)19-14(18)10-8-7-9-13(16)17/h11-12H,6-10H2,1-5H3,(H,16,17). The average molecular weight is 272 g/mol. The molecule has 0 aromatic rings. The molecular weight excluding hydrogens is 244 g/mol. The van der Waals surface area contributed by atoms with E-state index < -0.39 is 11.6 Å². The van der Waals surface area contributed by atoms with Crippen LogP contribution in [0.15, 0.2) is 0 Å². The van der Waals surface area contributed by atoms with Crippen molar-refractivity contribution in [3.8, 4) is 0 Å². The van der Waals surface area contributed by atoms with Gasteiger partial charge >= 0.3 is 11.9 Å². The molecule has 112 valence electrons. The predicted octanol–water partition coefficient (Wildman–Crippen LogP) is 3.64. The van der Waals surface area contributed by atoms with E-state index >= 15 is 0 Å². The summed E-state index contributed by atoms with van der Waals surface area (Å²) in [7, 11) is 0. The molecule has 0 heterocycles. The molecule has 0 aliphatic rings. The molecule has 0 saturated carbocycles. The van der Waals surface area contributed by atoms with E-state index in [2.05, 4.69) is 27.7 Å². The van der Waals surface area contributed by atoms with E-state index in [4.69, 9.17) is 9.84 Å². The summed E-state index contributed by atoms with van der Waals surface area (Å²) in [4.78, 5) is 22.3. The van der Waals surface area contributed by atoms with Crippen LogP contribution in [0, 0.1) is 11.8 Å². The van der Waals surface area contributed by atoms with Gasteiger partial charge in [0.15, 0.2) is 0 Å². The highest BCUT2D eigenvalue weighted by molar-refractivity contribution is 5.70. The molecule has 4 heteroatoms. The first-order chi connectivity index (χ1) is 8.76.